The van der Waals surface area contributed by atoms with E-state index in [2.05, 4.69) is 14.9 Å². The van der Waals surface area contributed by atoms with Gasteiger partial charge in [-0.3, -0.25) is 4.79 Å². The third-order valence-electron chi connectivity index (χ3n) is 4.54. The Morgan fingerprint density at radius 2 is 2.20 bits per heavy atom. The molecule has 7 nitrogen and oxygen atoms in total. The summed E-state index contributed by atoms with van der Waals surface area (Å²) in [6.07, 6.45) is 3.77. The summed E-state index contributed by atoms with van der Waals surface area (Å²) in [6.45, 7) is 3.67. The predicted molar refractivity (Wildman–Crippen MR) is 90.5 cm³/mol. The number of imidazole rings is 1. The van der Waals surface area contributed by atoms with Crippen LogP contribution in [0.4, 0.5) is 0 Å². The Hall–Kier alpha value is -2.70. The monoisotopic (exact) mass is 343 g/mol. The summed E-state index contributed by atoms with van der Waals surface area (Å²) in [5.74, 6) is 2.57. The van der Waals surface area contributed by atoms with E-state index in [1.807, 2.05) is 13.1 Å². The van der Waals surface area contributed by atoms with Gasteiger partial charge in [0.2, 0.25) is 5.75 Å². The molecule has 1 aromatic heterocycles. The van der Waals surface area contributed by atoms with Crippen LogP contribution in [0.5, 0.6) is 17.2 Å². The van der Waals surface area contributed by atoms with Crippen LogP contribution in [0.2, 0.25) is 0 Å². The Morgan fingerprint density at radius 1 is 1.36 bits per heavy atom. The van der Waals surface area contributed by atoms with Gasteiger partial charge in [-0.15, -0.1) is 0 Å². The average Bonchev–Trinajstić information content (AvgIpc) is 3.00. The second-order valence-corrected chi connectivity index (χ2v) is 6.36. The van der Waals surface area contributed by atoms with E-state index < -0.39 is 0 Å². The van der Waals surface area contributed by atoms with E-state index >= 15 is 0 Å². The number of amides is 1. The number of ether oxygens (including phenoxy) is 3. The molecule has 4 rings (SSSR count). The molecule has 0 unspecified atom stereocenters. The first-order chi connectivity index (χ1) is 12.1. The van der Waals surface area contributed by atoms with Gasteiger partial charge < -0.3 is 24.1 Å². The molecule has 132 valence electrons. The third kappa shape index (κ3) is 3.01. The van der Waals surface area contributed by atoms with Crippen LogP contribution in [0, 0.1) is 6.92 Å². The van der Waals surface area contributed by atoms with E-state index in [0.717, 1.165) is 30.9 Å². The summed E-state index contributed by atoms with van der Waals surface area (Å²) in [6, 6.07) is 3.48. The molecule has 2 aromatic rings. The van der Waals surface area contributed by atoms with Gasteiger partial charge in [0.05, 0.1) is 12.8 Å². The molecule has 2 aliphatic rings. The zero-order valence-electron chi connectivity index (χ0n) is 14.4. The molecule has 0 radical (unpaired) electrons. The maximum atomic E-state index is 12.7. The molecular weight excluding hydrogens is 322 g/mol. The highest BCUT2D eigenvalue weighted by Gasteiger charge is 2.24. The molecule has 1 amide bonds. The second-order valence-electron chi connectivity index (χ2n) is 6.36. The Bertz CT molecular complexity index is 798. The number of nitrogens with zero attached hydrogens (tertiary/aromatic N) is 2. The van der Waals surface area contributed by atoms with Crippen molar-refractivity contribution in [2.45, 2.75) is 32.4 Å². The van der Waals surface area contributed by atoms with Crippen molar-refractivity contribution in [3.8, 4) is 17.2 Å². The van der Waals surface area contributed by atoms with Crippen molar-refractivity contribution >= 4 is 5.91 Å². The minimum Gasteiger partial charge on any atom is -0.493 e. The zero-order chi connectivity index (χ0) is 17.4. The van der Waals surface area contributed by atoms with Crippen LogP contribution in [0.3, 0.4) is 0 Å². The van der Waals surface area contributed by atoms with Gasteiger partial charge in [-0.1, -0.05) is 0 Å². The lowest BCUT2D eigenvalue weighted by molar-refractivity contribution is 0.0925. The third-order valence-corrected chi connectivity index (χ3v) is 4.54. The number of hydrogen-bond acceptors (Lipinski definition) is 5. The number of rotatable bonds is 3. The molecule has 0 bridgehead atoms. The van der Waals surface area contributed by atoms with Crippen molar-refractivity contribution in [2.75, 3.05) is 20.3 Å². The Labute approximate surface area is 145 Å². The van der Waals surface area contributed by atoms with Crippen molar-refractivity contribution in [3.05, 3.63) is 35.4 Å². The minimum absolute atomic E-state index is 0.0767. The summed E-state index contributed by atoms with van der Waals surface area (Å²) in [4.78, 5) is 17.2. The van der Waals surface area contributed by atoms with E-state index in [-0.39, 0.29) is 11.9 Å². The number of aromatic nitrogens is 2. The van der Waals surface area contributed by atoms with Crippen molar-refractivity contribution < 1.29 is 19.0 Å². The van der Waals surface area contributed by atoms with E-state index in [1.165, 1.54) is 0 Å². The van der Waals surface area contributed by atoms with Crippen molar-refractivity contribution in [3.63, 3.8) is 0 Å². The molecule has 1 aromatic carbocycles. The SMILES string of the molecule is COc1cc(C(=O)N[C@@H]2CCc3nc(C)cn3C2)cc2c1OCCO2. The van der Waals surface area contributed by atoms with Crippen LogP contribution in [-0.4, -0.2) is 41.8 Å². The summed E-state index contributed by atoms with van der Waals surface area (Å²) in [5, 5.41) is 3.10. The molecule has 7 heteroatoms. The highest BCUT2D eigenvalue weighted by Crippen LogP contribution is 2.40. The Balaban J connectivity index is 1.52. The normalized spacial score (nSPS) is 18.4. The molecule has 0 fully saturated rings. The number of nitrogens with one attached hydrogen (secondary N) is 1. The summed E-state index contributed by atoms with van der Waals surface area (Å²) in [5.41, 5.74) is 1.52. The highest BCUT2D eigenvalue weighted by molar-refractivity contribution is 5.95. The van der Waals surface area contributed by atoms with E-state index in [4.69, 9.17) is 14.2 Å². The standard InChI is InChI=1S/C18H21N3O4/c1-11-9-21-10-13(3-4-16(21)19-11)20-18(22)12-7-14(23-2)17-15(8-12)24-5-6-25-17/h7-9,13H,3-6,10H2,1-2H3,(H,20,22)/t13-/m1/s1. The molecule has 3 heterocycles. The zero-order valence-corrected chi connectivity index (χ0v) is 14.4. The fourth-order valence-corrected chi connectivity index (χ4v) is 3.38. The van der Waals surface area contributed by atoms with Gasteiger partial charge in [-0.05, 0) is 25.5 Å². The Morgan fingerprint density at radius 3 is 3.04 bits per heavy atom. The second kappa shape index (κ2) is 6.31. The predicted octanol–water partition coefficient (Wildman–Crippen LogP) is 1.72. The lowest BCUT2D eigenvalue weighted by Crippen LogP contribution is -2.40. The van der Waals surface area contributed by atoms with E-state index in [1.54, 1.807) is 19.2 Å². The van der Waals surface area contributed by atoms with E-state index in [9.17, 15) is 4.79 Å². The van der Waals surface area contributed by atoms with Crippen LogP contribution >= 0.6 is 0 Å². The number of methoxy groups -OCH3 is 1. The van der Waals surface area contributed by atoms with Crippen LogP contribution in [-0.2, 0) is 13.0 Å². The van der Waals surface area contributed by atoms with Crippen LogP contribution in [0.1, 0.15) is 28.3 Å². The number of benzene rings is 1. The number of carbonyl (C=O) groups is 1. The van der Waals surface area contributed by atoms with Gasteiger partial charge in [0.25, 0.3) is 5.91 Å². The maximum Gasteiger partial charge on any atom is 0.251 e. The van der Waals surface area contributed by atoms with Crippen molar-refractivity contribution in [1.82, 2.24) is 14.9 Å². The number of hydrogen-bond donors (Lipinski definition) is 1. The van der Waals surface area contributed by atoms with Crippen LogP contribution in [0.15, 0.2) is 18.3 Å². The van der Waals surface area contributed by atoms with Crippen LogP contribution in [0.25, 0.3) is 0 Å². The lowest BCUT2D eigenvalue weighted by Gasteiger charge is -2.25. The van der Waals surface area contributed by atoms with Gasteiger partial charge in [0, 0.05) is 30.8 Å². The molecule has 1 atom stereocenters. The molecule has 2 aliphatic heterocycles. The summed E-state index contributed by atoms with van der Waals surface area (Å²) < 4.78 is 18.6. The molecule has 25 heavy (non-hydrogen) atoms. The molecule has 1 N–H and O–H groups in total. The fourth-order valence-electron chi connectivity index (χ4n) is 3.38. The van der Waals surface area contributed by atoms with Gasteiger partial charge in [-0.2, -0.15) is 0 Å². The van der Waals surface area contributed by atoms with Crippen molar-refractivity contribution in [2.24, 2.45) is 0 Å². The first-order valence-electron chi connectivity index (χ1n) is 8.45. The highest BCUT2D eigenvalue weighted by atomic mass is 16.6. The number of aryl methyl sites for hydroxylation is 2. The minimum atomic E-state index is -0.138. The van der Waals surface area contributed by atoms with Crippen molar-refractivity contribution in [1.29, 1.82) is 0 Å². The smallest absolute Gasteiger partial charge is 0.251 e. The first-order valence-corrected chi connectivity index (χ1v) is 8.45. The maximum absolute atomic E-state index is 12.7. The first kappa shape index (κ1) is 15.8. The van der Waals surface area contributed by atoms with Gasteiger partial charge >= 0.3 is 0 Å². The molecule has 0 saturated heterocycles. The average molecular weight is 343 g/mol. The summed E-state index contributed by atoms with van der Waals surface area (Å²) >= 11 is 0. The van der Waals surface area contributed by atoms with Gasteiger partial charge in [0.15, 0.2) is 11.5 Å². The largest absolute Gasteiger partial charge is 0.493 e. The van der Waals surface area contributed by atoms with Gasteiger partial charge in [-0.25, -0.2) is 4.98 Å². The lowest BCUT2D eigenvalue weighted by atomic mass is 10.1. The summed E-state index contributed by atoms with van der Waals surface area (Å²) in [7, 11) is 1.55. The number of carbonyl (C=O) groups excluding carboxylic acids is 1. The van der Waals surface area contributed by atoms with E-state index in [0.29, 0.717) is 36.0 Å². The fraction of sp³-hybridized carbons (Fsp3) is 0.444. The molecular formula is C18H21N3O4. The molecule has 0 aliphatic carbocycles. The molecule has 0 saturated carbocycles. The van der Waals surface area contributed by atoms with Crippen LogP contribution < -0.4 is 19.5 Å². The number of fused-ring (bicyclic) bond motifs is 2. The topological polar surface area (TPSA) is 74.6 Å². The molecule has 0 spiro atoms. The Kier molecular flexibility index (Phi) is 3.99. The van der Waals surface area contributed by atoms with Gasteiger partial charge in [0.1, 0.15) is 19.0 Å². The quantitative estimate of drug-likeness (QED) is 0.918.